The second kappa shape index (κ2) is 3.95. The Morgan fingerprint density at radius 1 is 1.54 bits per heavy atom. The number of nitrogens with two attached hydrogens (primary N) is 1. The van der Waals surface area contributed by atoms with Gasteiger partial charge in [0.15, 0.2) is 0 Å². The lowest BCUT2D eigenvalue weighted by Gasteiger charge is -2.23. The summed E-state index contributed by atoms with van der Waals surface area (Å²) < 4.78 is 0. The lowest BCUT2D eigenvalue weighted by molar-refractivity contribution is 0.665. The number of rotatable bonds is 1. The quantitative estimate of drug-likeness (QED) is 0.723. The molecule has 1 nitrogen and oxygen atoms in total. The van der Waals surface area contributed by atoms with Crippen LogP contribution in [0.25, 0.3) is 0 Å². The van der Waals surface area contributed by atoms with Gasteiger partial charge in [-0.3, -0.25) is 0 Å². The minimum Gasteiger partial charge on any atom is -0.324 e. The van der Waals surface area contributed by atoms with E-state index >= 15 is 0 Å². The standard InChI is InChI=1S/C10H13NS2/c1-12-8-3-2-4-9-10(8)7(11)5-6-13-9/h2-4,7H,5-6,11H2,1H3. The van der Waals surface area contributed by atoms with E-state index in [2.05, 4.69) is 24.5 Å². The van der Waals surface area contributed by atoms with Crippen molar-refractivity contribution < 1.29 is 0 Å². The Bertz CT molecular complexity index is 298. The van der Waals surface area contributed by atoms with Gasteiger partial charge in [-0.05, 0) is 36.1 Å². The van der Waals surface area contributed by atoms with Crippen LogP contribution in [0.15, 0.2) is 28.0 Å². The van der Waals surface area contributed by atoms with Gasteiger partial charge in [-0.1, -0.05) is 6.07 Å². The predicted molar refractivity (Wildman–Crippen MR) is 60.5 cm³/mol. The predicted octanol–water partition coefficient (Wildman–Crippen LogP) is 2.90. The molecule has 0 amide bonds. The molecule has 1 aromatic carbocycles. The van der Waals surface area contributed by atoms with Crippen LogP contribution in [0, 0.1) is 0 Å². The Hall–Kier alpha value is -0.120. The van der Waals surface area contributed by atoms with Crippen molar-refractivity contribution in [1.29, 1.82) is 0 Å². The van der Waals surface area contributed by atoms with Gasteiger partial charge >= 0.3 is 0 Å². The first-order valence-corrected chi connectivity index (χ1v) is 6.59. The van der Waals surface area contributed by atoms with Gasteiger partial charge in [0.1, 0.15) is 0 Å². The van der Waals surface area contributed by atoms with E-state index in [-0.39, 0.29) is 6.04 Å². The average Bonchev–Trinajstić information content (AvgIpc) is 2.17. The summed E-state index contributed by atoms with van der Waals surface area (Å²) >= 11 is 3.72. The molecule has 13 heavy (non-hydrogen) atoms. The number of fused-ring (bicyclic) bond motifs is 1. The van der Waals surface area contributed by atoms with E-state index in [1.807, 2.05) is 11.8 Å². The van der Waals surface area contributed by atoms with Gasteiger partial charge < -0.3 is 5.73 Å². The smallest absolute Gasteiger partial charge is 0.0325 e. The third-order valence-corrected chi connectivity index (χ3v) is 4.21. The van der Waals surface area contributed by atoms with Crippen molar-refractivity contribution in [3.8, 4) is 0 Å². The molecule has 0 aliphatic carbocycles. The monoisotopic (exact) mass is 211 g/mol. The molecule has 0 spiro atoms. The maximum Gasteiger partial charge on any atom is 0.0325 e. The largest absolute Gasteiger partial charge is 0.324 e. The lowest BCUT2D eigenvalue weighted by atomic mass is 10.1. The third-order valence-electron chi connectivity index (χ3n) is 2.30. The van der Waals surface area contributed by atoms with Crippen LogP contribution in [0.2, 0.25) is 0 Å². The molecule has 0 bridgehead atoms. The highest BCUT2D eigenvalue weighted by Crippen LogP contribution is 2.39. The van der Waals surface area contributed by atoms with Gasteiger partial charge in [0, 0.05) is 15.8 Å². The van der Waals surface area contributed by atoms with Crippen LogP contribution in [-0.4, -0.2) is 12.0 Å². The first kappa shape index (κ1) is 9.44. The Labute approximate surface area is 87.5 Å². The van der Waals surface area contributed by atoms with Crippen LogP contribution in [-0.2, 0) is 0 Å². The summed E-state index contributed by atoms with van der Waals surface area (Å²) in [7, 11) is 0. The Morgan fingerprint density at radius 2 is 2.38 bits per heavy atom. The molecular weight excluding hydrogens is 198 g/mol. The van der Waals surface area contributed by atoms with E-state index in [1.54, 1.807) is 11.8 Å². The highest BCUT2D eigenvalue weighted by atomic mass is 32.2. The van der Waals surface area contributed by atoms with E-state index in [9.17, 15) is 0 Å². The summed E-state index contributed by atoms with van der Waals surface area (Å²) in [5.41, 5.74) is 7.46. The van der Waals surface area contributed by atoms with Crippen LogP contribution >= 0.6 is 23.5 Å². The van der Waals surface area contributed by atoms with E-state index in [1.165, 1.54) is 15.4 Å². The van der Waals surface area contributed by atoms with Crippen LogP contribution in [0.4, 0.5) is 0 Å². The van der Waals surface area contributed by atoms with Crippen LogP contribution in [0.5, 0.6) is 0 Å². The van der Waals surface area contributed by atoms with Crippen molar-refractivity contribution in [2.75, 3.05) is 12.0 Å². The molecule has 1 heterocycles. The zero-order valence-corrected chi connectivity index (χ0v) is 9.25. The fourth-order valence-electron chi connectivity index (χ4n) is 1.63. The summed E-state index contributed by atoms with van der Waals surface area (Å²) in [5, 5.41) is 0. The molecule has 2 N–H and O–H groups in total. The minimum atomic E-state index is 0.250. The van der Waals surface area contributed by atoms with Crippen LogP contribution < -0.4 is 5.73 Å². The van der Waals surface area contributed by atoms with Gasteiger partial charge in [0.05, 0.1) is 0 Å². The molecule has 0 fully saturated rings. The third kappa shape index (κ3) is 1.73. The topological polar surface area (TPSA) is 26.0 Å². The molecule has 0 aromatic heterocycles. The van der Waals surface area contributed by atoms with Gasteiger partial charge in [-0.2, -0.15) is 0 Å². The van der Waals surface area contributed by atoms with E-state index in [0.29, 0.717) is 0 Å². The summed E-state index contributed by atoms with van der Waals surface area (Å²) in [6.07, 6.45) is 3.22. The number of thioether (sulfide) groups is 2. The summed E-state index contributed by atoms with van der Waals surface area (Å²) in [4.78, 5) is 2.72. The maximum absolute atomic E-state index is 6.10. The highest BCUT2D eigenvalue weighted by molar-refractivity contribution is 8.00. The summed E-state index contributed by atoms with van der Waals surface area (Å²) in [6, 6.07) is 6.71. The molecule has 1 aliphatic rings. The molecular formula is C10H13NS2. The molecule has 0 radical (unpaired) electrons. The first-order valence-electron chi connectivity index (χ1n) is 4.38. The van der Waals surface area contributed by atoms with Gasteiger partial charge in [0.25, 0.3) is 0 Å². The zero-order chi connectivity index (χ0) is 9.26. The average molecular weight is 211 g/mol. The Balaban J connectivity index is 2.50. The van der Waals surface area contributed by atoms with E-state index in [4.69, 9.17) is 5.73 Å². The number of benzene rings is 1. The van der Waals surface area contributed by atoms with E-state index in [0.717, 1.165) is 12.2 Å². The molecule has 0 saturated carbocycles. The van der Waals surface area contributed by atoms with Crippen molar-refractivity contribution >= 4 is 23.5 Å². The van der Waals surface area contributed by atoms with Crippen LogP contribution in [0.1, 0.15) is 18.0 Å². The Kier molecular flexibility index (Phi) is 2.86. The first-order chi connectivity index (χ1) is 6.33. The van der Waals surface area contributed by atoms with Gasteiger partial charge in [-0.15, -0.1) is 23.5 Å². The molecule has 1 aromatic rings. The second-order valence-corrected chi connectivity index (χ2v) is 5.10. The van der Waals surface area contributed by atoms with E-state index < -0.39 is 0 Å². The van der Waals surface area contributed by atoms with Crippen molar-refractivity contribution in [2.24, 2.45) is 5.73 Å². The van der Waals surface area contributed by atoms with Crippen molar-refractivity contribution in [1.82, 2.24) is 0 Å². The van der Waals surface area contributed by atoms with Crippen molar-refractivity contribution in [2.45, 2.75) is 22.3 Å². The molecule has 1 unspecified atom stereocenters. The summed E-state index contributed by atoms with van der Waals surface area (Å²) in [5.74, 6) is 1.16. The van der Waals surface area contributed by atoms with Crippen LogP contribution in [0.3, 0.4) is 0 Å². The fourth-order valence-corrected chi connectivity index (χ4v) is 3.58. The molecule has 1 aliphatic heterocycles. The fraction of sp³-hybridized carbons (Fsp3) is 0.400. The van der Waals surface area contributed by atoms with Gasteiger partial charge in [0.2, 0.25) is 0 Å². The zero-order valence-electron chi connectivity index (χ0n) is 7.62. The molecule has 2 rings (SSSR count). The summed E-state index contributed by atoms with van der Waals surface area (Å²) in [6.45, 7) is 0. The minimum absolute atomic E-state index is 0.250. The maximum atomic E-state index is 6.10. The number of hydrogen-bond acceptors (Lipinski definition) is 3. The van der Waals surface area contributed by atoms with Crippen molar-refractivity contribution in [3.63, 3.8) is 0 Å². The molecule has 70 valence electrons. The molecule has 1 atom stereocenters. The second-order valence-electron chi connectivity index (χ2n) is 3.12. The lowest BCUT2D eigenvalue weighted by Crippen LogP contribution is -2.16. The SMILES string of the molecule is CSc1cccc2c1C(N)CCS2. The highest BCUT2D eigenvalue weighted by Gasteiger charge is 2.19. The van der Waals surface area contributed by atoms with Gasteiger partial charge in [-0.25, -0.2) is 0 Å². The Morgan fingerprint density at radius 3 is 3.15 bits per heavy atom. The normalized spacial score (nSPS) is 21.2. The van der Waals surface area contributed by atoms with Crippen molar-refractivity contribution in [3.05, 3.63) is 23.8 Å². The molecule has 0 saturated heterocycles. The molecule has 3 heteroatoms. The number of hydrogen-bond donors (Lipinski definition) is 1.